The van der Waals surface area contributed by atoms with E-state index in [2.05, 4.69) is 32.6 Å². The van der Waals surface area contributed by atoms with Crippen molar-refractivity contribution in [3.63, 3.8) is 0 Å². The first-order valence-electron chi connectivity index (χ1n) is 4.75. The number of hydrogen-bond acceptors (Lipinski definition) is 1. The molecule has 2 atom stereocenters. The number of nitrogens with zero attached hydrogens (tertiary/aromatic N) is 1. The molecule has 0 aromatic rings. The smallest absolute Gasteiger partial charge is 0.0125 e. The van der Waals surface area contributed by atoms with Gasteiger partial charge in [0.25, 0.3) is 0 Å². The number of rotatable bonds is 0. The molecule has 2 unspecified atom stereocenters. The van der Waals surface area contributed by atoms with E-state index in [1.165, 1.54) is 13.1 Å². The first kappa shape index (κ1) is 7.60. The monoisotopic (exact) mass is 153 g/mol. The lowest BCUT2D eigenvalue weighted by Gasteiger charge is -2.33. The summed E-state index contributed by atoms with van der Waals surface area (Å²) >= 11 is 0. The van der Waals surface area contributed by atoms with Crippen LogP contribution in [0.2, 0.25) is 0 Å². The van der Waals surface area contributed by atoms with Crippen LogP contribution in [0.3, 0.4) is 0 Å². The summed E-state index contributed by atoms with van der Waals surface area (Å²) in [6.07, 6.45) is 0. The fourth-order valence-electron chi connectivity index (χ4n) is 2.37. The van der Waals surface area contributed by atoms with Gasteiger partial charge in [0.05, 0.1) is 0 Å². The highest BCUT2D eigenvalue weighted by Crippen LogP contribution is 2.52. The van der Waals surface area contributed by atoms with Crippen LogP contribution in [0.5, 0.6) is 0 Å². The summed E-state index contributed by atoms with van der Waals surface area (Å²) in [7, 11) is 0. The van der Waals surface area contributed by atoms with E-state index in [4.69, 9.17) is 0 Å². The maximum Gasteiger partial charge on any atom is 0.0125 e. The Bertz CT molecular complexity index is 156. The standard InChI is InChI=1S/C10H19N/c1-7-8-5-11(6-9(7)8)10(2,3)4/h7-9H,5-6H2,1-4H3. The van der Waals surface area contributed by atoms with Gasteiger partial charge in [-0.2, -0.15) is 0 Å². The Morgan fingerprint density at radius 3 is 1.91 bits per heavy atom. The number of piperidine rings is 1. The van der Waals surface area contributed by atoms with Crippen LogP contribution in [0.1, 0.15) is 27.7 Å². The molecule has 1 heterocycles. The van der Waals surface area contributed by atoms with Crippen LogP contribution in [-0.2, 0) is 0 Å². The van der Waals surface area contributed by atoms with Gasteiger partial charge in [-0.1, -0.05) is 6.92 Å². The van der Waals surface area contributed by atoms with Crippen LogP contribution in [0.15, 0.2) is 0 Å². The van der Waals surface area contributed by atoms with Crippen molar-refractivity contribution < 1.29 is 0 Å². The topological polar surface area (TPSA) is 3.24 Å². The maximum absolute atomic E-state index is 2.63. The molecule has 1 saturated carbocycles. The molecule has 0 amide bonds. The van der Waals surface area contributed by atoms with Crippen molar-refractivity contribution in [2.24, 2.45) is 17.8 Å². The molecule has 0 aromatic heterocycles. The number of fused-ring (bicyclic) bond motifs is 1. The molecular weight excluding hydrogens is 134 g/mol. The third kappa shape index (κ3) is 1.10. The third-order valence-electron chi connectivity index (χ3n) is 3.57. The molecule has 2 rings (SSSR count). The fraction of sp³-hybridized carbons (Fsp3) is 1.00. The Morgan fingerprint density at radius 2 is 1.55 bits per heavy atom. The minimum Gasteiger partial charge on any atom is -0.298 e. The molecule has 0 radical (unpaired) electrons. The highest BCUT2D eigenvalue weighted by atomic mass is 15.2. The van der Waals surface area contributed by atoms with E-state index in [-0.39, 0.29) is 0 Å². The molecule has 1 nitrogen and oxygen atoms in total. The Morgan fingerprint density at radius 1 is 1.09 bits per heavy atom. The number of likely N-dealkylation sites (tertiary alicyclic amines) is 1. The Labute approximate surface area is 69.8 Å². The lowest BCUT2D eigenvalue weighted by molar-refractivity contribution is 0.148. The molecule has 1 aliphatic heterocycles. The van der Waals surface area contributed by atoms with Crippen LogP contribution >= 0.6 is 0 Å². The van der Waals surface area contributed by atoms with Crippen molar-refractivity contribution in [2.45, 2.75) is 33.2 Å². The SMILES string of the molecule is CC1C2CN(C(C)(C)C)CC12. The summed E-state index contributed by atoms with van der Waals surface area (Å²) in [6, 6.07) is 0. The summed E-state index contributed by atoms with van der Waals surface area (Å²) < 4.78 is 0. The Hall–Kier alpha value is -0.0400. The van der Waals surface area contributed by atoms with Crippen LogP contribution in [-0.4, -0.2) is 23.5 Å². The van der Waals surface area contributed by atoms with E-state index in [0.29, 0.717) is 5.54 Å². The lowest BCUT2D eigenvalue weighted by atomic mass is 10.1. The molecule has 2 fully saturated rings. The fourth-order valence-corrected chi connectivity index (χ4v) is 2.37. The first-order valence-corrected chi connectivity index (χ1v) is 4.75. The highest BCUT2D eigenvalue weighted by molar-refractivity contribution is 5.05. The first-order chi connectivity index (χ1) is 5.00. The van der Waals surface area contributed by atoms with Gasteiger partial charge in [-0.05, 0) is 38.5 Å². The van der Waals surface area contributed by atoms with Gasteiger partial charge in [0.15, 0.2) is 0 Å². The highest BCUT2D eigenvalue weighted by Gasteiger charge is 2.54. The van der Waals surface area contributed by atoms with Crippen molar-refractivity contribution in [1.29, 1.82) is 0 Å². The predicted molar refractivity (Wildman–Crippen MR) is 47.5 cm³/mol. The molecule has 0 bridgehead atoms. The van der Waals surface area contributed by atoms with E-state index in [0.717, 1.165) is 17.8 Å². The summed E-state index contributed by atoms with van der Waals surface area (Å²) in [5, 5.41) is 0. The molecular formula is C10H19N. The second kappa shape index (κ2) is 2.01. The van der Waals surface area contributed by atoms with Crippen LogP contribution in [0.4, 0.5) is 0 Å². The normalized spacial score (nSPS) is 44.2. The lowest BCUT2D eigenvalue weighted by Crippen LogP contribution is -2.41. The van der Waals surface area contributed by atoms with Gasteiger partial charge in [-0.25, -0.2) is 0 Å². The van der Waals surface area contributed by atoms with E-state index in [1.807, 2.05) is 0 Å². The maximum atomic E-state index is 2.63. The third-order valence-corrected chi connectivity index (χ3v) is 3.57. The van der Waals surface area contributed by atoms with Crippen molar-refractivity contribution in [3.05, 3.63) is 0 Å². The van der Waals surface area contributed by atoms with Crippen molar-refractivity contribution in [3.8, 4) is 0 Å². The van der Waals surface area contributed by atoms with Gasteiger partial charge in [0.2, 0.25) is 0 Å². The minimum atomic E-state index is 0.410. The Kier molecular flexibility index (Phi) is 1.39. The number of hydrogen-bond donors (Lipinski definition) is 0. The minimum absolute atomic E-state index is 0.410. The molecule has 2 aliphatic rings. The summed E-state index contributed by atoms with van der Waals surface area (Å²) in [6.45, 7) is 12.1. The summed E-state index contributed by atoms with van der Waals surface area (Å²) in [5.74, 6) is 3.14. The molecule has 1 heteroatoms. The average molecular weight is 153 g/mol. The molecule has 0 aromatic carbocycles. The zero-order valence-electron chi connectivity index (χ0n) is 8.09. The average Bonchev–Trinajstić information content (AvgIpc) is 2.39. The summed E-state index contributed by atoms with van der Waals surface area (Å²) in [4.78, 5) is 2.63. The largest absolute Gasteiger partial charge is 0.298 e. The van der Waals surface area contributed by atoms with Gasteiger partial charge in [-0.15, -0.1) is 0 Å². The van der Waals surface area contributed by atoms with E-state index >= 15 is 0 Å². The molecule has 1 aliphatic carbocycles. The molecule has 64 valence electrons. The van der Waals surface area contributed by atoms with Crippen molar-refractivity contribution in [2.75, 3.05) is 13.1 Å². The van der Waals surface area contributed by atoms with E-state index in [1.54, 1.807) is 0 Å². The predicted octanol–water partition coefficient (Wildman–Crippen LogP) is 1.98. The zero-order valence-corrected chi connectivity index (χ0v) is 8.09. The second-order valence-electron chi connectivity index (χ2n) is 5.26. The zero-order chi connectivity index (χ0) is 8.22. The Balaban J connectivity index is 1.95. The van der Waals surface area contributed by atoms with Gasteiger partial charge < -0.3 is 0 Å². The second-order valence-corrected chi connectivity index (χ2v) is 5.26. The van der Waals surface area contributed by atoms with Gasteiger partial charge in [-0.3, -0.25) is 4.90 Å². The molecule has 11 heavy (non-hydrogen) atoms. The van der Waals surface area contributed by atoms with Crippen molar-refractivity contribution in [1.82, 2.24) is 4.90 Å². The van der Waals surface area contributed by atoms with Crippen LogP contribution in [0.25, 0.3) is 0 Å². The molecule has 1 saturated heterocycles. The van der Waals surface area contributed by atoms with E-state index in [9.17, 15) is 0 Å². The quantitative estimate of drug-likeness (QED) is 0.514. The molecule has 0 spiro atoms. The van der Waals surface area contributed by atoms with Gasteiger partial charge in [0.1, 0.15) is 0 Å². The molecule has 0 N–H and O–H groups in total. The van der Waals surface area contributed by atoms with Crippen LogP contribution in [0, 0.1) is 17.8 Å². The van der Waals surface area contributed by atoms with Gasteiger partial charge in [0, 0.05) is 18.6 Å². The van der Waals surface area contributed by atoms with Crippen LogP contribution < -0.4 is 0 Å². The van der Waals surface area contributed by atoms with Crippen molar-refractivity contribution >= 4 is 0 Å². The van der Waals surface area contributed by atoms with Gasteiger partial charge >= 0.3 is 0 Å². The summed E-state index contributed by atoms with van der Waals surface area (Å²) in [5.41, 5.74) is 0.410. The van der Waals surface area contributed by atoms with E-state index < -0.39 is 0 Å².